The zero-order valence-corrected chi connectivity index (χ0v) is 7.41. The van der Waals surface area contributed by atoms with Crippen molar-refractivity contribution in [2.75, 3.05) is 0 Å². The molecule has 0 aliphatic heterocycles. The molecule has 0 aliphatic rings. The van der Waals surface area contributed by atoms with E-state index in [1.54, 1.807) is 18.2 Å². The van der Waals surface area contributed by atoms with E-state index in [0.717, 1.165) is 11.1 Å². The van der Waals surface area contributed by atoms with Gasteiger partial charge < -0.3 is 10.2 Å². The third-order valence-electron chi connectivity index (χ3n) is 1.92. The lowest BCUT2D eigenvalue weighted by Crippen LogP contribution is -1.95. The maximum Gasteiger partial charge on any atom is 0.115 e. The standard InChI is InChI=1S/C10H14O2/c1-7(2)10-5-9(12)4-3-8(10)6-11/h3-5,7,11-12H,6H2,1-2H3. The zero-order chi connectivity index (χ0) is 9.14. The number of aliphatic hydroxyl groups is 1. The van der Waals surface area contributed by atoms with Crippen LogP contribution in [-0.4, -0.2) is 10.2 Å². The molecule has 0 fully saturated rings. The number of aromatic hydroxyl groups is 1. The topological polar surface area (TPSA) is 40.5 Å². The maximum atomic E-state index is 9.20. The van der Waals surface area contributed by atoms with Gasteiger partial charge in [-0.25, -0.2) is 0 Å². The van der Waals surface area contributed by atoms with Gasteiger partial charge in [0.25, 0.3) is 0 Å². The van der Waals surface area contributed by atoms with Crippen LogP contribution in [0.2, 0.25) is 0 Å². The lowest BCUT2D eigenvalue weighted by molar-refractivity contribution is 0.280. The van der Waals surface area contributed by atoms with Gasteiger partial charge in [0, 0.05) is 0 Å². The van der Waals surface area contributed by atoms with Crippen molar-refractivity contribution >= 4 is 0 Å². The van der Waals surface area contributed by atoms with Gasteiger partial charge in [-0.15, -0.1) is 0 Å². The fourth-order valence-electron chi connectivity index (χ4n) is 1.26. The Kier molecular flexibility index (Phi) is 2.71. The third-order valence-corrected chi connectivity index (χ3v) is 1.92. The van der Waals surface area contributed by atoms with Crippen molar-refractivity contribution in [1.29, 1.82) is 0 Å². The van der Waals surface area contributed by atoms with Gasteiger partial charge in [0.1, 0.15) is 5.75 Å². The number of benzene rings is 1. The van der Waals surface area contributed by atoms with Crippen LogP contribution in [0.5, 0.6) is 5.75 Å². The quantitative estimate of drug-likeness (QED) is 0.705. The number of rotatable bonds is 2. The first-order valence-corrected chi connectivity index (χ1v) is 4.07. The van der Waals surface area contributed by atoms with Crippen LogP contribution in [0.1, 0.15) is 30.9 Å². The van der Waals surface area contributed by atoms with Gasteiger partial charge >= 0.3 is 0 Å². The van der Waals surface area contributed by atoms with E-state index >= 15 is 0 Å². The molecule has 66 valence electrons. The Balaban J connectivity index is 3.12. The number of phenols is 1. The first-order chi connectivity index (χ1) is 5.65. The van der Waals surface area contributed by atoms with Gasteiger partial charge in [0.15, 0.2) is 0 Å². The molecule has 0 unspecified atom stereocenters. The van der Waals surface area contributed by atoms with E-state index in [1.807, 2.05) is 13.8 Å². The van der Waals surface area contributed by atoms with Gasteiger partial charge in [0.2, 0.25) is 0 Å². The molecule has 0 aliphatic carbocycles. The molecule has 12 heavy (non-hydrogen) atoms. The van der Waals surface area contributed by atoms with Crippen molar-refractivity contribution in [3.63, 3.8) is 0 Å². The summed E-state index contributed by atoms with van der Waals surface area (Å²) in [5, 5.41) is 18.2. The molecule has 1 rings (SSSR count). The van der Waals surface area contributed by atoms with Crippen LogP contribution in [0, 0.1) is 0 Å². The average molecular weight is 166 g/mol. The molecule has 0 spiro atoms. The van der Waals surface area contributed by atoms with Crippen LogP contribution in [-0.2, 0) is 6.61 Å². The summed E-state index contributed by atoms with van der Waals surface area (Å²) in [6, 6.07) is 5.05. The highest BCUT2D eigenvalue weighted by Gasteiger charge is 2.05. The highest BCUT2D eigenvalue weighted by atomic mass is 16.3. The predicted molar refractivity (Wildman–Crippen MR) is 48.1 cm³/mol. The van der Waals surface area contributed by atoms with Crippen LogP contribution < -0.4 is 0 Å². The molecular formula is C10H14O2. The Morgan fingerprint density at radius 2 is 2.00 bits per heavy atom. The van der Waals surface area contributed by atoms with Crippen molar-refractivity contribution in [2.24, 2.45) is 0 Å². The van der Waals surface area contributed by atoms with E-state index in [9.17, 15) is 5.11 Å². The fourth-order valence-corrected chi connectivity index (χ4v) is 1.26. The highest BCUT2D eigenvalue weighted by molar-refractivity contribution is 5.36. The molecule has 0 saturated carbocycles. The Morgan fingerprint density at radius 3 is 2.50 bits per heavy atom. The van der Waals surface area contributed by atoms with Crippen molar-refractivity contribution in [3.8, 4) is 5.75 Å². The number of phenolic OH excluding ortho intramolecular Hbond substituents is 1. The summed E-state index contributed by atoms with van der Waals surface area (Å²) in [4.78, 5) is 0. The van der Waals surface area contributed by atoms with Crippen molar-refractivity contribution in [2.45, 2.75) is 26.4 Å². The molecule has 0 radical (unpaired) electrons. The molecule has 0 bridgehead atoms. The molecule has 2 heteroatoms. The second-order valence-corrected chi connectivity index (χ2v) is 3.20. The number of hydrogen-bond acceptors (Lipinski definition) is 2. The van der Waals surface area contributed by atoms with Crippen LogP contribution in [0.4, 0.5) is 0 Å². The second kappa shape index (κ2) is 3.59. The smallest absolute Gasteiger partial charge is 0.115 e. The zero-order valence-electron chi connectivity index (χ0n) is 7.41. The summed E-state index contributed by atoms with van der Waals surface area (Å²) in [5.41, 5.74) is 1.90. The largest absolute Gasteiger partial charge is 0.508 e. The van der Waals surface area contributed by atoms with Gasteiger partial charge in [-0.1, -0.05) is 19.9 Å². The van der Waals surface area contributed by atoms with E-state index in [-0.39, 0.29) is 12.4 Å². The monoisotopic (exact) mass is 166 g/mol. The van der Waals surface area contributed by atoms with E-state index in [4.69, 9.17) is 5.11 Å². The minimum atomic E-state index is 0.0355. The first kappa shape index (κ1) is 9.07. The van der Waals surface area contributed by atoms with Crippen molar-refractivity contribution < 1.29 is 10.2 Å². The Bertz CT molecular complexity index is 267. The molecule has 1 aromatic carbocycles. The summed E-state index contributed by atoms with van der Waals surface area (Å²) < 4.78 is 0. The highest BCUT2D eigenvalue weighted by Crippen LogP contribution is 2.23. The lowest BCUT2D eigenvalue weighted by Gasteiger charge is -2.10. The summed E-state index contributed by atoms with van der Waals surface area (Å²) in [5.74, 6) is 0.593. The van der Waals surface area contributed by atoms with E-state index in [2.05, 4.69) is 0 Å². The molecule has 1 aromatic rings. The molecule has 2 nitrogen and oxygen atoms in total. The van der Waals surface area contributed by atoms with Crippen LogP contribution in [0.25, 0.3) is 0 Å². The molecule has 0 amide bonds. The lowest BCUT2D eigenvalue weighted by atomic mass is 9.97. The normalized spacial score (nSPS) is 10.7. The van der Waals surface area contributed by atoms with E-state index < -0.39 is 0 Å². The fraction of sp³-hybridized carbons (Fsp3) is 0.400. The van der Waals surface area contributed by atoms with E-state index in [1.165, 1.54) is 0 Å². The SMILES string of the molecule is CC(C)c1cc(O)ccc1CO. The maximum absolute atomic E-state index is 9.20. The molecule has 0 saturated heterocycles. The van der Waals surface area contributed by atoms with E-state index in [0.29, 0.717) is 5.92 Å². The molecule has 2 N–H and O–H groups in total. The molecular weight excluding hydrogens is 152 g/mol. The van der Waals surface area contributed by atoms with Crippen LogP contribution >= 0.6 is 0 Å². The summed E-state index contributed by atoms with van der Waals surface area (Å²) in [7, 11) is 0. The first-order valence-electron chi connectivity index (χ1n) is 4.07. The summed E-state index contributed by atoms with van der Waals surface area (Å²) >= 11 is 0. The van der Waals surface area contributed by atoms with Crippen LogP contribution in [0.15, 0.2) is 18.2 Å². The Hall–Kier alpha value is -1.02. The van der Waals surface area contributed by atoms with Gasteiger partial charge in [-0.05, 0) is 29.2 Å². The Morgan fingerprint density at radius 1 is 1.33 bits per heavy atom. The number of hydrogen-bond donors (Lipinski definition) is 2. The molecule has 0 aromatic heterocycles. The van der Waals surface area contributed by atoms with Crippen molar-refractivity contribution in [3.05, 3.63) is 29.3 Å². The summed E-state index contributed by atoms with van der Waals surface area (Å²) in [6.07, 6.45) is 0. The minimum absolute atomic E-state index is 0.0355. The molecule has 0 atom stereocenters. The van der Waals surface area contributed by atoms with Gasteiger partial charge in [-0.2, -0.15) is 0 Å². The number of aliphatic hydroxyl groups excluding tert-OH is 1. The third kappa shape index (κ3) is 1.77. The van der Waals surface area contributed by atoms with Gasteiger partial charge in [0.05, 0.1) is 6.61 Å². The minimum Gasteiger partial charge on any atom is -0.508 e. The second-order valence-electron chi connectivity index (χ2n) is 3.20. The summed E-state index contributed by atoms with van der Waals surface area (Å²) in [6.45, 7) is 4.11. The van der Waals surface area contributed by atoms with Crippen molar-refractivity contribution in [1.82, 2.24) is 0 Å². The van der Waals surface area contributed by atoms with Crippen LogP contribution in [0.3, 0.4) is 0 Å². The predicted octanol–water partition coefficient (Wildman–Crippen LogP) is 2.01. The Labute approximate surface area is 72.5 Å². The molecule has 0 heterocycles. The van der Waals surface area contributed by atoms with Gasteiger partial charge in [-0.3, -0.25) is 0 Å². The average Bonchev–Trinajstić information content (AvgIpc) is 2.04.